The molecule has 11 aromatic rings. The molecule has 2 nitrogen and oxygen atoms in total. The van der Waals surface area contributed by atoms with E-state index in [1.807, 2.05) is 11.3 Å². The molecule has 57 heavy (non-hydrogen) atoms. The van der Waals surface area contributed by atoms with Crippen molar-refractivity contribution in [3.8, 4) is 44.8 Å². The van der Waals surface area contributed by atoms with Crippen LogP contribution in [0.3, 0.4) is 0 Å². The SMILES string of the molecule is CC1C=CC(c2cc(-c3ccccc3)nc(-c3cccc(-c4ccc5c(c4)c4cc(-c6ccccc6)cc6c7ccc8c9ccccc9sc8c7n5c46)c3)c2)=CC1. The van der Waals surface area contributed by atoms with Gasteiger partial charge in [0.05, 0.1) is 32.6 Å². The minimum absolute atomic E-state index is 0.559. The number of rotatable bonds is 5. The largest absolute Gasteiger partial charge is 0.307 e. The Morgan fingerprint density at radius 3 is 1.96 bits per heavy atom. The molecule has 0 fully saturated rings. The van der Waals surface area contributed by atoms with Crippen LogP contribution in [-0.4, -0.2) is 9.38 Å². The Balaban J connectivity index is 1.07. The second-order valence-corrected chi connectivity index (χ2v) is 16.6. The van der Waals surface area contributed by atoms with E-state index in [9.17, 15) is 0 Å². The number of aromatic nitrogens is 2. The summed E-state index contributed by atoms with van der Waals surface area (Å²) in [6.45, 7) is 2.27. The molecule has 0 N–H and O–H groups in total. The molecule has 4 heterocycles. The smallest absolute Gasteiger partial charge is 0.0720 e. The zero-order chi connectivity index (χ0) is 37.6. The van der Waals surface area contributed by atoms with Crippen LogP contribution in [0.5, 0.6) is 0 Å². The van der Waals surface area contributed by atoms with E-state index in [0.717, 1.165) is 28.9 Å². The van der Waals surface area contributed by atoms with Gasteiger partial charge in [-0.25, -0.2) is 4.98 Å². The lowest BCUT2D eigenvalue weighted by Gasteiger charge is -2.15. The van der Waals surface area contributed by atoms with E-state index in [-0.39, 0.29) is 0 Å². The number of nitrogens with zero attached hydrogens (tertiary/aromatic N) is 2. The molecule has 12 rings (SSSR count). The molecule has 0 saturated carbocycles. The number of pyridine rings is 1. The highest BCUT2D eigenvalue weighted by Crippen LogP contribution is 2.47. The molecule has 1 atom stereocenters. The molecule has 1 unspecified atom stereocenters. The van der Waals surface area contributed by atoms with Gasteiger partial charge in [0.15, 0.2) is 0 Å². The number of thiophene rings is 1. The highest BCUT2D eigenvalue weighted by molar-refractivity contribution is 7.26. The normalized spacial score (nSPS) is 14.5. The van der Waals surface area contributed by atoms with Crippen LogP contribution < -0.4 is 0 Å². The van der Waals surface area contributed by atoms with Crippen LogP contribution in [-0.2, 0) is 0 Å². The number of benzene rings is 7. The lowest BCUT2D eigenvalue weighted by Crippen LogP contribution is -1.97. The van der Waals surface area contributed by atoms with E-state index in [0.29, 0.717) is 5.92 Å². The Morgan fingerprint density at radius 1 is 0.491 bits per heavy atom. The predicted molar refractivity (Wildman–Crippen MR) is 244 cm³/mol. The van der Waals surface area contributed by atoms with E-state index in [1.165, 1.54) is 91.7 Å². The van der Waals surface area contributed by atoms with Gasteiger partial charge in [0, 0.05) is 48.1 Å². The van der Waals surface area contributed by atoms with Gasteiger partial charge in [-0.3, -0.25) is 0 Å². The van der Waals surface area contributed by atoms with Crippen LogP contribution in [0, 0.1) is 5.92 Å². The van der Waals surface area contributed by atoms with Crippen molar-refractivity contribution in [3.05, 3.63) is 188 Å². The summed E-state index contributed by atoms with van der Waals surface area (Å²) in [6, 6.07) is 60.2. The average molecular weight is 745 g/mol. The minimum atomic E-state index is 0.559. The average Bonchev–Trinajstić information content (AvgIpc) is 3.93. The third kappa shape index (κ3) is 5.13. The topological polar surface area (TPSA) is 17.3 Å². The number of allylic oxidation sites excluding steroid dienone is 4. The molecule has 0 bridgehead atoms. The molecule has 4 aromatic heterocycles. The molecule has 7 aromatic carbocycles. The van der Waals surface area contributed by atoms with Crippen molar-refractivity contribution in [1.29, 1.82) is 0 Å². The summed E-state index contributed by atoms with van der Waals surface area (Å²) in [4.78, 5) is 5.28. The van der Waals surface area contributed by atoms with Crippen molar-refractivity contribution in [2.45, 2.75) is 13.3 Å². The monoisotopic (exact) mass is 744 g/mol. The van der Waals surface area contributed by atoms with Crippen molar-refractivity contribution < 1.29 is 0 Å². The van der Waals surface area contributed by atoms with Crippen LogP contribution in [0.1, 0.15) is 18.9 Å². The van der Waals surface area contributed by atoms with Gasteiger partial charge < -0.3 is 4.40 Å². The summed E-state index contributed by atoms with van der Waals surface area (Å²) in [5.41, 5.74) is 15.4. The first-order valence-electron chi connectivity index (χ1n) is 19.8. The highest BCUT2D eigenvalue weighted by Gasteiger charge is 2.22. The van der Waals surface area contributed by atoms with E-state index in [4.69, 9.17) is 4.98 Å². The first-order chi connectivity index (χ1) is 28.1. The van der Waals surface area contributed by atoms with E-state index in [2.05, 4.69) is 193 Å². The Morgan fingerprint density at radius 2 is 1.16 bits per heavy atom. The minimum Gasteiger partial charge on any atom is -0.307 e. The summed E-state index contributed by atoms with van der Waals surface area (Å²) in [6.07, 6.45) is 8.01. The number of hydrogen-bond acceptors (Lipinski definition) is 2. The molecule has 0 saturated heterocycles. The zero-order valence-corrected chi connectivity index (χ0v) is 32.2. The van der Waals surface area contributed by atoms with Gasteiger partial charge in [0.1, 0.15) is 0 Å². The van der Waals surface area contributed by atoms with Gasteiger partial charge in [-0.2, -0.15) is 0 Å². The molecule has 1 aliphatic carbocycles. The maximum absolute atomic E-state index is 5.28. The van der Waals surface area contributed by atoms with Crippen molar-refractivity contribution >= 4 is 75.2 Å². The summed E-state index contributed by atoms with van der Waals surface area (Å²) in [5, 5.41) is 7.82. The maximum atomic E-state index is 5.28. The van der Waals surface area contributed by atoms with Crippen LogP contribution in [0.25, 0.3) is 109 Å². The molecule has 3 heteroatoms. The molecule has 1 aliphatic rings. The lowest BCUT2D eigenvalue weighted by atomic mass is 9.92. The molecular weight excluding hydrogens is 709 g/mol. The van der Waals surface area contributed by atoms with Gasteiger partial charge >= 0.3 is 0 Å². The Labute approximate surface area is 334 Å². The fourth-order valence-electron chi connectivity index (χ4n) is 9.18. The van der Waals surface area contributed by atoms with Crippen molar-refractivity contribution in [2.75, 3.05) is 0 Å². The van der Waals surface area contributed by atoms with Gasteiger partial charge in [0.25, 0.3) is 0 Å². The fourth-order valence-corrected chi connectivity index (χ4v) is 10.4. The molecular formula is C54H36N2S. The van der Waals surface area contributed by atoms with E-state index < -0.39 is 0 Å². The second kappa shape index (κ2) is 12.6. The first-order valence-corrected chi connectivity index (χ1v) is 20.7. The maximum Gasteiger partial charge on any atom is 0.0720 e. The summed E-state index contributed by atoms with van der Waals surface area (Å²) in [7, 11) is 0. The number of fused-ring (bicyclic) bond motifs is 10. The Kier molecular flexibility index (Phi) is 7.17. The van der Waals surface area contributed by atoms with Gasteiger partial charge in [0.2, 0.25) is 0 Å². The predicted octanol–water partition coefficient (Wildman–Crippen LogP) is 15.2. The second-order valence-electron chi connectivity index (χ2n) is 15.6. The Hall–Kier alpha value is -6.81. The molecule has 0 amide bonds. The number of hydrogen-bond donors (Lipinski definition) is 0. The van der Waals surface area contributed by atoms with E-state index in [1.54, 1.807) is 0 Å². The Bertz CT molecular complexity index is 3440. The van der Waals surface area contributed by atoms with Crippen molar-refractivity contribution in [2.24, 2.45) is 5.92 Å². The fraction of sp³-hybridized carbons (Fsp3) is 0.0556. The third-order valence-corrected chi connectivity index (χ3v) is 13.2. The molecule has 0 spiro atoms. The third-order valence-electron chi connectivity index (χ3n) is 12.0. The van der Waals surface area contributed by atoms with E-state index >= 15 is 0 Å². The quantitative estimate of drug-likeness (QED) is 0.172. The molecule has 268 valence electrons. The molecule has 0 aliphatic heterocycles. The molecule has 0 radical (unpaired) electrons. The van der Waals surface area contributed by atoms with Gasteiger partial charge in [-0.05, 0) is 94.3 Å². The van der Waals surface area contributed by atoms with Gasteiger partial charge in [-0.1, -0.05) is 140 Å². The van der Waals surface area contributed by atoms with Crippen molar-refractivity contribution in [3.63, 3.8) is 0 Å². The van der Waals surface area contributed by atoms with Crippen molar-refractivity contribution in [1.82, 2.24) is 9.38 Å². The standard InChI is InChI=1S/C54H36N2S/c1-33-19-21-35(22-20-33)41-31-48(36-13-6-3-7-14-36)55-49(32-41)39-16-10-15-37(27-39)38-23-26-50-45(28-38)47-30-40(34-11-4-2-5-12-34)29-46-43-24-25-44-42-17-8-9-18-51(42)57-54(44)53(43)56(50)52(46)47/h2-19,21-33H,20H2,1H3. The summed E-state index contributed by atoms with van der Waals surface area (Å²) >= 11 is 1.91. The highest BCUT2D eigenvalue weighted by atomic mass is 32.1. The first kappa shape index (κ1) is 32.4. The lowest BCUT2D eigenvalue weighted by molar-refractivity contribution is 0.739. The van der Waals surface area contributed by atoms with Crippen LogP contribution in [0.15, 0.2) is 182 Å². The van der Waals surface area contributed by atoms with Gasteiger partial charge in [-0.15, -0.1) is 11.3 Å². The summed E-state index contributed by atoms with van der Waals surface area (Å²) < 4.78 is 5.23. The summed E-state index contributed by atoms with van der Waals surface area (Å²) in [5.74, 6) is 0.559. The van der Waals surface area contributed by atoms with Crippen LogP contribution in [0.4, 0.5) is 0 Å². The zero-order valence-electron chi connectivity index (χ0n) is 31.4. The van der Waals surface area contributed by atoms with Crippen LogP contribution in [0.2, 0.25) is 0 Å². The van der Waals surface area contributed by atoms with Crippen LogP contribution >= 0.6 is 11.3 Å².